The summed E-state index contributed by atoms with van der Waals surface area (Å²) in [5.74, 6) is 0.287. The highest BCUT2D eigenvalue weighted by Gasteiger charge is 2.19. The van der Waals surface area contributed by atoms with Crippen LogP contribution in [0.3, 0.4) is 0 Å². The first-order valence-corrected chi connectivity index (χ1v) is 5.81. The van der Waals surface area contributed by atoms with Crippen molar-refractivity contribution < 1.29 is 4.79 Å². The fourth-order valence-electron chi connectivity index (χ4n) is 1.18. The predicted molar refractivity (Wildman–Crippen MR) is 55.5 cm³/mol. The van der Waals surface area contributed by atoms with Gasteiger partial charge in [-0.15, -0.1) is 0 Å². The van der Waals surface area contributed by atoms with Crippen LogP contribution in [0.1, 0.15) is 27.2 Å². The Bertz CT molecular complexity index is 116. The monoisotopic (exact) mass is 189 g/mol. The van der Waals surface area contributed by atoms with Crippen LogP contribution < -0.4 is 0 Å². The second-order valence-electron chi connectivity index (χ2n) is 2.64. The first kappa shape index (κ1) is 11.8. The van der Waals surface area contributed by atoms with Gasteiger partial charge in [0.25, 0.3) is 0 Å². The summed E-state index contributed by atoms with van der Waals surface area (Å²) >= 11 is 1.65. The zero-order valence-corrected chi connectivity index (χ0v) is 9.28. The van der Waals surface area contributed by atoms with Gasteiger partial charge in [-0.05, 0) is 26.5 Å². The van der Waals surface area contributed by atoms with Crippen molar-refractivity contribution in [3.8, 4) is 0 Å². The number of hydrogen-bond acceptors (Lipinski definition) is 2. The number of thioether (sulfide) groups is 1. The fourth-order valence-corrected chi connectivity index (χ4v) is 1.87. The van der Waals surface area contributed by atoms with E-state index in [4.69, 9.17) is 0 Å². The van der Waals surface area contributed by atoms with Gasteiger partial charge in [0.2, 0.25) is 5.91 Å². The zero-order valence-electron chi connectivity index (χ0n) is 8.46. The molecule has 0 rings (SSSR count). The van der Waals surface area contributed by atoms with Crippen molar-refractivity contribution in [3.05, 3.63) is 0 Å². The number of hydrogen-bond donors (Lipinski definition) is 0. The molecule has 0 saturated carbocycles. The average Bonchev–Trinajstić information content (AvgIpc) is 2.09. The van der Waals surface area contributed by atoms with Crippen molar-refractivity contribution in [1.82, 2.24) is 4.90 Å². The SMILES string of the molecule is CCC(SC)C(=O)N(CC)CC. The topological polar surface area (TPSA) is 20.3 Å². The van der Waals surface area contributed by atoms with E-state index in [1.54, 1.807) is 11.8 Å². The second-order valence-corrected chi connectivity index (χ2v) is 3.68. The molecule has 0 fully saturated rings. The molecule has 0 aromatic rings. The highest BCUT2D eigenvalue weighted by atomic mass is 32.2. The van der Waals surface area contributed by atoms with Gasteiger partial charge in [-0.3, -0.25) is 4.79 Å². The summed E-state index contributed by atoms with van der Waals surface area (Å²) < 4.78 is 0. The number of carbonyl (C=O) groups excluding carboxylic acids is 1. The lowest BCUT2D eigenvalue weighted by Gasteiger charge is -2.23. The number of amides is 1. The number of rotatable bonds is 5. The van der Waals surface area contributed by atoms with Crippen LogP contribution in [0.25, 0.3) is 0 Å². The average molecular weight is 189 g/mol. The highest BCUT2D eigenvalue weighted by Crippen LogP contribution is 2.13. The molecule has 0 N–H and O–H groups in total. The highest BCUT2D eigenvalue weighted by molar-refractivity contribution is 7.99. The summed E-state index contributed by atoms with van der Waals surface area (Å²) in [7, 11) is 0. The molecular weight excluding hydrogens is 170 g/mol. The van der Waals surface area contributed by atoms with Crippen LogP contribution in [0, 0.1) is 0 Å². The minimum atomic E-state index is 0.157. The van der Waals surface area contributed by atoms with E-state index in [0.717, 1.165) is 19.5 Å². The Morgan fingerprint density at radius 2 is 1.83 bits per heavy atom. The van der Waals surface area contributed by atoms with E-state index >= 15 is 0 Å². The van der Waals surface area contributed by atoms with E-state index in [1.165, 1.54) is 0 Å². The molecule has 0 aromatic carbocycles. The Kier molecular flexibility index (Phi) is 6.25. The van der Waals surface area contributed by atoms with Gasteiger partial charge in [0.1, 0.15) is 0 Å². The minimum absolute atomic E-state index is 0.157. The van der Waals surface area contributed by atoms with Crippen LogP contribution in [0.4, 0.5) is 0 Å². The molecule has 1 unspecified atom stereocenters. The molecule has 0 heterocycles. The summed E-state index contributed by atoms with van der Waals surface area (Å²) in [4.78, 5) is 13.6. The summed E-state index contributed by atoms with van der Waals surface area (Å²) in [5, 5.41) is 0.157. The molecule has 3 heteroatoms. The van der Waals surface area contributed by atoms with E-state index in [0.29, 0.717) is 0 Å². The molecule has 0 spiro atoms. The molecule has 0 bridgehead atoms. The Morgan fingerprint density at radius 1 is 1.33 bits per heavy atom. The molecular formula is C9H19NOS. The molecule has 0 aromatic heterocycles. The van der Waals surface area contributed by atoms with Gasteiger partial charge in [0.15, 0.2) is 0 Å². The molecule has 0 aliphatic rings. The lowest BCUT2D eigenvalue weighted by atomic mass is 10.3. The molecule has 0 radical (unpaired) electrons. The van der Waals surface area contributed by atoms with Crippen LogP contribution >= 0.6 is 11.8 Å². The maximum absolute atomic E-state index is 11.7. The van der Waals surface area contributed by atoms with Gasteiger partial charge >= 0.3 is 0 Å². The molecule has 1 atom stereocenters. The lowest BCUT2D eigenvalue weighted by Crippen LogP contribution is -2.37. The molecule has 0 aliphatic carbocycles. The van der Waals surface area contributed by atoms with Crippen molar-refractivity contribution >= 4 is 17.7 Å². The Hall–Kier alpha value is -0.180. The van der Waals surface area contributed by atoms with Crippen molar-refractivity contribution in [2.24, 2.45) is 0 Å². The third-order valence-corrected chi connectivity index (χ3v) is 3.11. The smallest absolute Gasteiger partial charge is 0.235 e. The standard InChI is InChI=1S/C9H19NOS/c1-5-8(12-4)9(11)10(6-2)7-3/h8H,5-7H2,1-4H3. The molecule has 1 amide bonds. The van der Waals surface area contributed by atoms with Crippen LogP contribution in [-0.2, 0) is 4.79 Å². The zero-order chi connectivity index (χ0) is 9.56. The van der Waals surface area contributed by atoms with E-state index in [1.807, 2.05) is 25.0 Å². The summed E-state index contributed by atoms with van der Waals surface area (Å²) in [6.07, 6.45) is 2.92. The van der Waals surface area contributed by atoms with Crippen LogP contribution in [0.15, 0.2) is 0 Å². The summed E-state index contributed by atoms with van der Waals surface area (Å²) in [5.41, 5.74) is 0. The van der Waals surface area contributed by atoms with E-state index < -0.39 is 0 Å². The normalized spacial score (nSPS) is 12.7. The Balaban J connectivity index is 4.12. The van der Waals surface area contributed by atoms with Crippen LogP contribution in [-0.4, -0.2) is 35.4 Å². The molecule has 72 valence electrons. The van der Waals surface area contributed by atoms with Gasteiger partial charge in [-0.1, -0.05) is 6.92 Å². The molecule has 0 saturated heterocycles. The second kappa shape index (κ2) is 6.35. The van der Waals surface area contributed by atoms with Crippen molar-refractivity contribution in [3.63, 3.8) is 0 Å². The van der Waals surface area contributed by atoms with E-state index in [-0.39, 0.29) is 11.2 Å². The van der Waals surface area contributed by atoms with Gasteiger partial charge < -0.3 is 4.90 Å². The number of nitrogens with zero attached hydrogens (tertiary/aromatic N) is 1. The van der Waals surface area contributed by atoms with Crippen molar-refractivity contribution in [1.29, 1.82) is 0 Å². The maximum atomic E-state index is 11.7. The molecule has 2 nitrogen and oxygen atoms in total. The summed E-state index contributed by atoms with van der Waals surface area (Å²) in [6.45, 7) is 7.75. The first-order valence-electron chi connectivity index (χ1n) is 4.52. The van der Waals surface area contributed by atoms with Gasteiger partial charge in [-0.25, -0.2) is 0 Å². The van der Waals surface area contributed by atoms with Gasteiger partial charge in [-0.2, -0.15) is 11.8 Å². The first-order chi connectivity index (χ1) is 5.71. The Morgan fingerprint density at radius 3 is 2.08 bits per heavy atom. The predicted octanol–water partition coefficient (Wildman–Crippen LogP) is 2.00. The third-order valence-electron chi connectivity index (χ3n) is 2.01. The largest absolute Gasteiger partial charge is 0.342 e. The number of carbonyl (C=O) groups is 1. The lowest BCUT2D eigenvalue weighted by molar-refractivity contribution is -0.130. The van der Waals surface area contributed by atoms with Crippen LogP contribution in [0.5, 0.6) is 0 Å². The maximum Gasteiger partial charge on any atom is 0.235 e. The summed E-state index contributed by atoms with van der Waals surface area (Å²) in [6, 6.07) is 0. The minimum Gasteiger partial charge on any atom is -0.342 e. The van der Waals surface area contributed by atoms with Crippen molar-refractivity contribution in [2.45, 2.75) is 32.4 Å². The van der Waals surface area contributed by atoms with Gasteiger partial charge in [0, 0.05) is 13.1 Å². The van der Waals surface area contributed by atoms with Crippen molar-refractivity contribution in [2.75, 3.05) is 19.3 Å². The van der Waals surface area contributed by atoms with E-state index in [9.17, 15) is 4.79 Å². The van der Waals surface area contributed by atoms with Crippen LogP contribution in [0.2, 0.25) is 0 Å². The quantitative estimate of drug-likeness (QED) is 0.659. The Labute approximate surface area is 79.7 Å². The molecule has 0 aliphatic heterocycles. The van der Waals surface area contributed by atoms with Gasteiger partial charge in [0.05, 0.1) is 5.25 Å². The van der Waals surface area contributed by atoms with E-state index in [2.05, 4.69) is 6.92 Å². The fraction of sp³-hybridized carbons (Fsp3) is 0.889. The molecule has 12 heavy (non-hydrogen) atoms. The third kappa shape index (κ3) is 3.05.